The molecule has 2 saturated heterocycles. The number of hydrazine groups is 1. The average Bonchev–Trinajstić information content (AvgIpc) is 3.28. The SMILES string of the molecule is O=C(CCCC1NC(C2CCCCC2)NO1)NCCNC1NNC(=O)C2CCCCC12. The highest BCUT2D eigenvalue weighted by atomic mass is 16.7. The van der Waals surface area contributed by atoms with Gasteiger partial charge in [0.2, 0.25) is 11.8 Å². The summed E-state index contributed by atoms with van der Waals surface area (Å²) in [6.45, 7) is 1.27. The number of rotatable bonds is 9. The summed E-state index contributed by atoms with van der Waals surface area (Å²) in [6, 6.07) is 0. The number of carbonyl (C=O) groups excluding carboxylic acids is 2. The Labute approximate surface area is 185 Å². The summed E-state index contributed by atoms with van der Waals surface area (Å²) in [6.07, 6.45) is 13.4. The van der Waals surface area contributed by atoms with Crippen molar-refractivity contribution >= 4 is 11.8 Å². The predicted octanol–water partition coefficient (Wildman–Crippen LogP) is 0.986. The fraction of sp³-hybridized carbons (Fsp3) is 0.909. The normalized spacial score (nSPS) is 34.2. The van der Waals surface area contributed by atoms with Gasteiger partial charge in [0, 0.05) is 31.3 Å². The van der Waals surface area contributed by atoms with E-state index >= 15 is 0 Å². The van der Waals surface area contributed by atoms with Crippen LogP contribution in [-0.4, -0.2) is 43.5 Å². The van der Waals surface area contributed by atoms with E-state index in [-0.39, 0.29) is 36.3 Å². The maximum absolute atomic E-state index is 12.2. The number of hydroxylamine groups is 1. The number of nitrogens with one attached hydrogen (secondary N) is 6. The molecule has 0 aromatic heterocycles. The molecule has 2 amide bonds. The molecule has 0 radical (unpaired) electrons. The van der Waals surface area contributed by atoms with Crippen molar-refractivity contribution in [2.24, 2.45) is 17.8 Å². The van der Waals surface area contributed by atoms with Crippen molar-refractivity contribution in [2.75, 3.05) is 13.1 Å². The second-order valence-electron chi connectivity index (χ2n) is 9.63. The fourth-order valence-electron chi connectivity index (χ4n) is 5.67. The maximum Gasteiger partial charge on any atom is 0.237 e. The fourth-order valence-corrected chi connectivity index (χ4v) is 5.67. The lowest BCUT2D eigenvalue weighted by Crippen LogP contribution is -2.64. The van der Waals surface area contributed by atoms with Gasteiger partial charge in [0.25, 0.3) is 0 Å². The van der Waals surface area contributed by atoms with E-state index in [1.165, 1.54) is 38.5 Å². The number of hydrogen-bond donors (Lipinski definition) is 6. The van der Waals surface area contributed by atoms with Crippen LogP contribution in [0, 0.1) is 17.8 Å². The van der Waals surface area contributed by atoms with Crippen LogP contribution in [0.2, 0.25) is 0 Å². The number of carbonyl (C=O) groups is 2. The smallest absolute Gasteiger partial charge is 0.237 e. The Bertz CT molecular complexity index is 600. The standard InChI is InChI=1S/C22H40N6O3/c29-18(11-6-12-19-25-20(28-31-19)15-7-2-1-3-8-15)23-13-14-24-21-16-9-4-5-10-17(16)22(30)27-26-21/h15-17,19-21,24-26,28H,1-14H2,(H,23,29)(H,27,30). The monoisotopic (exact) mass is 436 g/mol. The predicted molar refractivity (Wildman–Crippen MR) is 117 cm³/mol. The molecule has 4 fully saturated rings. The van der Waals surface area contributed by atoms with E-state index in [0.29, 0.717) is 31.3 Å². The van der Waals surface area contributed by atoms with Gasteiger partial charge in [-0.3, -0.25) is 30.5 Å². The summed E-state index contributed by atoms with van der Waals surface area (Å²) in [5, 5.41) is 9.99. The molecule has 5 atom stereocenters. The molecule has 4 rings (SSSR count). The van der Waals surface area contributed by atoms with Gasteiger partial charge >= 0.3 is 0 Å². The van der Waals surface area contributed by atoms with Crippen molar-refractivity contribution in [1.29, 1.82) is 0 Å². The van der Waals surface area contributed by atoms with E-state index in [1.807, 2.05) is 0 Å². The van der Waals surface area contributed by atoms with Gasteiger partial charge in [-0.2, -0.15) is 5.48 Å². The first-order chi connectivity index (χ1) is 15.2. The molecule has 9 heteroatoms. The maximum atomic E-state index is 12.2. The van der Waals surface area contributed by atoms with Crippen LogP contribution in [0.3, 0.4) is 0 Å². The number of fused-ring (bicyclic) bond motifs is 1. The zero-order chi connectivity index (χ0) is 21.5. The molecule has 0 aromatic rings. The lowest BCUT2D eigenvalue weighted by Gasteiger charge is -2.41. The Morgan fingerprint density at radius 2 is 1.84 bits per heavy atom. The van der Waals surface area contributed by atoms with E-state index in [2.05, 4.69) is 32.3 Å². The highest BCUT2D eigenvalue weighted by Gasteiger charge is 2.39. The number of amides is 2. The van der Waals surface area contributed by atoms with Crippen LogP contribution in [0.1, 0.15) is 77.0 Å². The van der Waals surface area contributed by atoms with Gasteiger partial charge < -0.3 is 5.32 Å². The van der Waals surface area contributed by atoms with Gasteiger partial charge in [-0.15, -0.1) is 0 Å². The van der Waals surface area contributed by atoms with Gasteiger partial charge in [0.15, 0.2) is 0 Å². The molecule has 5 unspecified atom stereocenters. The molecule has 31 heavy (non-hydrogen) atoms. The van der Waals surface area contributed by atoms with Gasteiger partial charge in [-0.1, -0.05) is 32.1 Å². The third kappa shape index (κ3) is 6.38. The van der Waals surface area contributed by atoms with Crippen LogP contribution in [0.15, 0.2) is 0 Å². The third-order valence-corrected chi connectivity index (χ3v) is 7.44. The van der Waals surface area contributed by atoms with Crippen LogP contribution in [0.25, 0.3) is 0 Å². The van der Waals surface area contributed by atoms with Crippen molar-refractivity contribution in [2.45, 2.75) is 95.6 Å². The summed E-state index contributed by atoms with van der Waals surface area (Å²) in [4.78, 5) is 29.9. The van der Waals surface area contributed by atoms with Crippen molar-refractivity contribution < 1.29 is 14.4 Å². The van der Waals surface area contributed by atoms with Crippen molar-refractivity contribution in [3.05, 3.63) is 0 Å². The minimum atomic E-state index is -0.00239. The minimum absolute atomic E-state index is 0.00239. The molecule has 6 N–H and O–H groups in total. The van der Waals surface area contributed by atoms with Gasteiger partial charge in [0.05, 0.1) is 12.3 Å². The van der Waals surface area contributed by atoms with Crippen LogP contribution in [0.4, 0.5) is 0 Å². The zero-order valence-electron chi connectivity index (χ0n) is 18.6. The van der Waals surface area contributed by atoms with Gasteiger partial charge in [-0.05, 0) is 44.4 Å². The molecular formula is C22H40N6O3. The van der Waals surface area contributed by atoms with Crippen molar-refractivity contribution in [3.8, 4) is 0 Å². The molecule has 0 aromatic carbocycles. The van der Waals surface area contributed by atoms with Crippen LogP contribution < -0.4 is 32.3 Å². The quantitative estimate of drug-likeness (QED) is 0.299. The van der Waals surface area contributed by atoms with Crippen LogP contribution in [-0.2, 0) is 14.4 Å². The first-order valence-electron chi connectivity index (χ1n) is 12.4. The van der Waals surface area contributed by atoms with Crippen LogP contribution >= 0.6 is 0 Å². The summed E-state index contributed by atoms with van der Waals surface area (Å²) in [5.41, 5.74) is 9.05. The Balaban J connectivity index is 1.05. The molecule has 2 aliphatic heterocycles. The van der Waals surface area contributed by atoms with Crippen LogP contribution in [0.5, 0.6) is 0 Å². The molecule has 4 aliphatic rings. The van der Waals surface area contributed by atoms with E-state index in [4.69, 9.17) is 4.84 Å². The molecule has 9 nitrogen and oxygen atoms in total. The summed E-state index contributed by atoms with van der Waals surface area (Å²) >= 11 is 0. The molecule has 0 spiro atoms. The highest BCUT2D eigenvalue weighted by Crippen LogP contribution is 2.33. The zero-order valence-corrected chi connectivity index (χ0v) is 18.6. The summed E-state index contributed by atoms with van der Waals surface area (Å²) in [7, 11) is 0. The molecular weight excluding hydrogens is 396 g/mol. The van der Waals surface area contributed by atoms with E-state index in [0.717, 1.165) is 32.1 Å². The third-order valence-electron chi connectivity index (χ3n) is 7.44. The Kier molecular flexibility index (Phi) is 8.55. The Hall–Kier alpha value is -1.26. The largest absolute Gasteiger partial charge is 0.355 e. The summed E-state index contributed by atoms with van der Waals surface area (Å²) < 4.78 is 0. The molecule has 2 saturated carbocycles. The summed E-state index contributed by atoms with van der Waals surface area (Å²) in [5.74, 6) is 1.31. The first-order valence-corrected chi connectivity index (χ1v) is 12.4. The second kappa shape index (κ2) is 11.6. The molecule has 2 heterocycles. The molecule has 2 aliphatic carbocycles. The van der Waals surface area contributed by atoms with E-state index in [1.54, 1.807) is 0 Å². The lowest BCUT2D eigenvalue weighted by atomic mass is 9.76. The van der Waals surface area contributed by atoms with Crippen molar-refractivity contribution in [3.63, 3.8) is 0 Å². The van der Waals surface area contributed by atoms with E-state index in [9.17, 15) is 9.59 Å². The minimum Gasteiger partial charge on any atom is -0.355 e. The van der Waals surface area contributed by atoms with Crippen molar-refractivity contribution in [1.82, 2.24) is 32.3 Å². The average molecular weight is 437 g/mol. The first kappa shape index (κ1) is 22.9. The van der Waals surface area contributed by atoms with Gasteiger partial charge in [-0.25, -0.2) is 5.43 Å². The van der Waals surface area contributed by atoms with Gasteiger partial charge in [0.1, 0.15) is 6.23 Å². The highest BCUT2D eigenvalue weighted by molar-refractivity contribution is 5.79. The lowest BCUT2D eigenvalue weighted by molar-refractivity contribution is -0.134. The Morgan fingerprint density at radius 1 is 1.03 bits per heavy atom. The molecule has 176 valence electrons. The number of hydrogen-bond acceptors (Lipinski definition) is 7. The second-order valence-corrected chi connectivity index (χ2v) is 9.63. The molecule has 0 bridgehead atoms. The van der Waals surface area contributed by atoms with E-state index < -0.39 is 0 Å². The topological polar surface area (TPSA) is 116 Å². The Morgan fingerprint density at radius 3 is 2.71 bits per heavy atom.